The van der Waals surface area contributed by atoms with E-state index in [1.807, 2.05) is 0 Å². The molecule has 0 saturated carbocycles. The maximum absolute atomic E-state index is 2.38. The number of quaternary nitrogens is 1. The van der Waals surface area contributed by atoms with Crippen LogP contribution in [0.1, 0.15) is 71.6 Å². The van der Waals surface area contributed by atoms with Crippen LogP contribution in [0.4, 0.5) is 0 Å². The van der Waals surface area contributed by atoms with Gasteiger partial charge in [0.25, 0.3) is 0 Å². The molecule has 110 valence electrons. The number of unbranched alkanes of at least 4 members (excludes halogenated alkanes) is 7. The van der Waals surface area contributed by atoms with E-state index in [0.717, 1.165) is 0 Å². The monoisotopic (exact) mass is 274 g/mol. The molecule has 2 heteroatoms. The Bertz CT molecular complexity index is 168. The zero-order valence-corrected chi connectivity index (χ0v) is 14.2. The van der Waals surface area contributed by atoms with Gasteiger partial charge >= 0.3 is 0 Å². The van der Waals surface area contributed by atoms with Gasteiger partial charge in [0.2, 0.25) is 0 Å². The van der Waals surface area contributed by atoms with Crippen molar-refractivity contribution < 1.29 is 4.48 Å². The number of nitrogens with zero attached hydrogens (tertiary/aromatic N) is 1. The van der Waals surface area contributed by atoms with Gasteiger partial charge in [0.15, 0.2) is 0 Å². The van der Waals surface area contributed by atoms with E-state index in [4.69, 9.17) is 0 Å². The molecule has 0 radical (unpaired) electrons. The maximum Gasteiger partial charge on any atom is 0.125 e. The first-order chi connectivity index (χ1) is 8.62. The van der Waals surface area contributed by atoms with Crippen molar-refractivity contribution in [3.05, 3.63) is 0 Å². The van der Waals surface area contributed by atoms with Gasteiger partial charge in [-0.15, -0.1) is 11.8 Å². The number of thioether (sulfide) groups is 1. The van der Waals surface area contributed by atoms with E-state index in [2.05, 4.69) is 39.7 Å². The van der Waals surface area contributed by atoms with Crippen molar-refractivity contribution in [1.29, 1.82) is 0 Å². The summed E-state index contributed by atoms with van der Waals surface area (Å²) in [5.41, 5.74) is 0. The van der Waals surface area contributed by atoms with E-state index in [1.165, 1.54) is 80.4 Å². The summed E-state index contributed by atoms with van der Waals surface area (Å²) in [5, 5.41) is 0. The van der Waals surface area contributed by atoms with E-state index in [0.29, 0.717) is 0 Å². The molecule has 0 bridgehead atoms. The van der Waals surface area contributed by atoms with Crippen LogP contribution in [-0.4, -0.2) is 36.8 Å². The number of hydrogen-bond donors (Lipinski definition) is 0. The van der Waals surface area contributed by atoms with Crippen LogP contribution in [0.3, 0.4) is 0 Å². The van der Waals surface area contributed by atoms with Gasteiger partial charge in [-0.3, -0.25) is 0 Å². The van der Waals surface area contributed by atoms with E-state index < -0.39 is 0 Å². The van der Waals surface area contributed by atoms with Crippen molar-refractivity contribution >= 4 is 11.8 Å². The predicted molar refractivity (Wildman–Crippen MR) is 87.2 cm³/mol. The van der Waals surface area contributed by atoms with Gasteiger partial charge in [-0.1, -0.05) is 52.4 Å². The van der Waals surface area contributed by atoms with Crippen LogP contribution in [0.2, 0.25) is 0 Å². The fourth-order valence-electron chi connectivity index (χ4n) is 2.19. The highest BCUT2D eigenvalue weighted by Gasteiger charge is 2.13. The molecule has 0 saturated heterocycles. The summed E-state index contributed by atoms with van der Waals surface area (Å²) in [6.45, 7) is 5.91. The lowest BCUT2D eigenvalue weighted by Gasteiger charge is -2.29. The van der Waals surface area contributed by atoms with Crippen LogP contribution in [0.15, 0.2) is 0 Å². The van der Waals surface area contributed by atoms with E-state index in [9.17, 15) is 0 Å². The second kappa shape index (κ2) is 12.3. The summed E-state index contributed by atoms with van der Waals surface area (Å²) < 4.78 is 1.19. The fourth-order valence-corrected chi connectivity index (χ4v) is 3.24. The summed E-state index contributed by atoms with van der Waals surface area (Å²) in [6, 6.07) is 0. The summed E-state index contributed by atoms with van der Waals surface area (Å²) in [5.74, 6) is 2.60. The molecule has 0 aliphatic rings. The van der Waals surface area contributed by atoms with Gasteiger partial charge < -0.3 is 4.48 Å². The molecule has 0 unspecified atom stereocenters. The van der Waals surface area contributed by atoms with E-state index in [1.54, 1.807) is 0 Å². The maximum atomic E-state index is 2.38. The van der Waals surface area contributed by atoms with Crippen LogP contribution < -0.4 is 0 Å². The van der Waals surface area contributed by atoms with Crippen LogP contribution in [0.25, 0.3) is 0 Å². The molecule has 0 aliphatic carbocycles. The van der Waals surface area contributed by atoms with E-state index >= 15 is 0 Å². The Kier molecular flexibility index (Phi) is 12.6. The fraction of sp³-hybridized carbons (Fsp3) is 1.00. The van der Waals surface area contributed by atoms with Crippen molar-refractivity contribution in [3.8, 4) is 0 Å². The second-order valence-corrected chi connectivity index (χ2v) is 7.25. The van der Waals surface area contributed by atoms with Gasteiger partial charge in [-0.2, -0.15) is 0 Å². The SMILES string of the molecule is CCCCCCCCCC[N+](C)(C)CSCCC. The highest BCUT2D eigenvalue weighted by Crippen LogP contribution is 2.13. The van der Waals surface area contributed by atoms with Gasteiger partial charge in [0.1, 0.15) is 5.88 Å². The second-order valence-electron chi connectivity index (χ2n) is 6.17. The minimum absolute atomic E-state index is 1.19. The molecule has 1 nitrogen and oxygen atoms in total. The summed E-state index contributed by atoms with van der Waals surface area (Å²) >= 11 is 2.11. The molecule has 0 spiro atoms. The quantitative estimate of drug-likeness (QED) is 0.249. The first-order valence-corrected chi connectivity index (χ1v) is 9.17. The predicted octanol–water partition coefficient (Wildman–Crippen LogP) is 5.30. The lowest BCUT2D eigenvalue weighted by Crippen LogP contribution is -2.40. The molecule has 0 aromatic heterocycles. The molecule has 0 heterocycles. The van der Waals surface area contributed by atoms with Crippen molar-refractivity contribution in [3.63, 3.8) is 0 Å². The Hall–Kier alpha value is 0.310. The third kappa shape index (κ3) is 12.8. The average Bonchev–Trinajstić information content (AvgIpc) is 2.33. The highest BCUT2D eigenvalue weighted by molar-refractivity contribution is 7.99. The largest absolute Gasteiger partial charge is 0.320 e. The van der Waals surface area contributed by atoms with Crippen LogP contribution in [0.5, 0.6) is 0 Å². The van der Waals surface area contributed by atoms with Crippen molar-refractivity contribution in [2.45, 2.75) is 71.6 Å². The Morgan fingerprint density at radius 3 is 1.83 bits per heavy atom. The normalized spacial score (nSPS) is 12.0. The van der Waals surface area contributed by atoms with Gasteiger partial charge in [-0.05, 0) is 25.0 Å². The Balaban J connectivity index is 3.30. The highest BCUT2D eigenvalue weighted by atomic mass is 32.2. The van der Waals surface area contributed by atoms with Crippen molar-refractivity contribution in [2.24, 2.45) is 0 Å². The molecule has 0 aromatic carbocycles. The molecule has 0 amide bonds. The summed E-state index contributed by atoms with van der Waals surface area (Å²) in [6.07, 6.45) is 12.8. The Morgan fingerprint density at radius 2 is 1.28 bits per heavy atom. The minimum Gasteiger partial charge on any atom is -0.320 e. The Labute approximate surface area is 120 Å². The molecule has 0 atom stereocenters. The lowest BCUT2D eigenvalue weighted by atomic mass is 10.1. The molecular formula is C16H36NS+. The van der Waals surface area contributed by atoms with Crippen molar-refractivity contribution in [2.75, 3.05) is 32.3 Å². The number of rotatable bonds is 13. The Morgan fingerprint density at radius 1 is 0.722 bits per heavy atom. The summed E-state index contributed by atoms with van der Waals surface area (Å²) in [4.78, 5) is 0. The van der Waals surface area contributed by atoms with Gasteiger partial charge in [-0.25, -0.2) is 0 Å². The third-order valence-electron chi connectivity index (χ3n) is 3.41. The molecule has 18 heavy (non-hydrogen) atoms. The zero-order valence-electron chi connectivity index (χ0n) is 13.3. The average molecular weight is 275 g/mol. The van der Waals surface area contributed by atoms with Crippen molar-refractivity contribution in [1.82, 2.24) is 0 Å². The third-order valence-corrected chi connectivity index (χ3v) is 4.98. The molecule has 0 fully saturated rings. The zero-order chi connectivity index (χ0) is 13.7. The molecule has 0 rings (SSSR count). The first kappa shape index (κ1) is 18.3. The summed E-state index contributed by atoms with van der Waals surface area (Å²) in [7, 11) is 4.76. The smallest absolute Gasteiger partial charge is 0.125 e. The topological polar surface area (TPSA) is 0 Å². The lowest BCUT2D eigenvalue weighted by molar-refractivity contribution is -0.877. The molecule has 0 aromatic rings. The van der Waals surface area contributed by atoms with Crippen LogP contribution in [0, 0.1) is 0 Å². The van der Waals surface area contributed by atoms with Crippen LogP contribution in [-0.2, 0) is 0 Å². The van der Waals surface area contributed by atoms with Crippen LogP contribution >= 0.6 is 11.8 Å². The molecule has 0 N–H and O–H groups in total. The number of hydrogen-bond acceptors (Lipinski definition) is 1. The minimum atomic E-state index is 1.19. The molecular weight excluding hydrogens is 238 g/mol. The first-order valence-electron chi connectivity index (χ1n) is 8.02. The van der Waals surface area contributed by atoms with E-state index in [-0.39, 0.29) is 0 Å². The molecule has 0 aliphatic heterocycles. The van der Waals surface area contributed by atoms with Gasteiger partial charge in [0, 0.05) is 0 Å². The van der Waals surface area contributed by atoms with Gasteiger partial charge in [0.05, 0.1) is 20.6 Å². The standard InChI is InChI=1S/C16H36NS/c1-5-7-8-9-10-11-12-13-14-17(3,4)16-18-15-6-2/h5-16H2,1-4H3/q+1.